The minimum absolute atomic E-state index is 0.0368. The zero-order chi connectivity index (χ0) is 14.7. The van der Waals surface area contributed by atoms with Crippen molar-refractivity contribution in [3.05, 3.63) is 29.6 Å². The van der Waals surface area contributed by atoms with Gasteiger partial charge in [-0.25, -0.2) is 4.39 Å². The van der Waals surface area contributed by atoms with E-state index in [0.717, 1.165) is 0 Å². The zero-order valence-electron chi connectivity index (χ0n) is 11.1. The first-order valence-corrected chi connectivity index (χ1v) is 6.33. The molecule has 0 saturated carbocycles. The molecule has 1 saturated heterocycles. The smallest absolute Gasteiger partial charge is 0.253 e. The first-order valence-electron chi connectivity index (χ1n) is 6.33. The summed E-state index contributed by atoms with van der Waals surface area (Å²) in [6.07, 6.45) is 0.974. The van der Waals surface area contributed by atoms with E-state index in [1.165, 1.54) is 18.2 Å². The largest absolute Gasteiger partial charge is 0.347 e. The lowest BCUT2D eigenvalue weighted by Crippen LogP contribution is -2.48. The molecule has 1 atom stereocenters. The molecule has 2 amide bonds. The van der Waals surface area contributed by atoms with Crippen molar-refractivity contribution in [2.24, 2.45) is 5.84 Å². The average molecular weight is 280 g/mol. The molecular formula is C13H17FN4O2. The first-order chi connectivity index (χ1) is 9.52. The SMILES string of the molecule is CN1CC(NC(=O)c2cccc(F)c2NN)CCC1=O. The zero-order valence-corrected chi connectivity index (χ0v) is 11.1. The molecule has 1 aromatic rings. The molecule has 6 nitrogen and oxygen atoms in total. The van der Waals surface area contributed by atoms with Crippen LogP contribution in [0.25, 0.3) is 0 Å². The predicted molar refractivity (Wildman–Crippen MR) is 72.3 cm³/mol. The van der Waals surface area contributed by atoms with E-state index in [1.807, 2.05) is 0 Å². The van der Waals surface area contributed by atoms with Crippen LogP contribution in [-0.2, 0) is 4.79 Å². The summed E-state index contributed by atoms with van der Waals surface area (Å²) < 4.78 is 13.5. The Balaban J connectivity index is 2.09. The maximum atomic E-state index is 13.5. The molecule has 0 aromatic heterocycles. The van der Waals surface area contributed by atoms with Gasteiger partial charge in [-0.2, -0.15) is 0 Å². The summed E-state index contributed by atoms with van der Waals surface area (Å²) in [4.78, 5) is 25.1. The van der Waals surface area contributed by atoms with E-state index < -0.39 is 11.7 Å². The Morgan fingerprint density at radius 2 is 2.25 bits per heavy atom. The third kappa shape index (κ3) is 2.88. The number of hydrazine groups is 1. The van der Waals surface area contributed by atoms with Crippen molar-refractivity contribution >= 4 is 17.5 Å². The lowest BCUT2D eigenvalue weighted by molar-refractivity contribution is -0.132. The summed E-state index contributed by atoms with van der Waals surface area (Å²) in [6, 6.07) is 4.02. The molecule has 4 N–H and O–H groups in total. The molecule has 1 aliphatic heterocycles. The second-order valence-electron chi connectivity index (χ2n) is 4.79. The number of hydrogen-bond acceptors (Lipinski definition) is 4. The van der Waals surface area contributed by atoms with Crippen LogP contribution in [-0.4, -0.2) is 36.3 Å². The Labute approximate surface area is 116 Å². The third-order valence-electron chi connectivity index (χ3n) is 3.36. The fraction of sp³-hybridized carbons (Fsp3) is 0.385. The van der Waals surface area contributed by atoms with E-state index in [4.69, 9.17) is 5.84 Å². The van der Waals surface area contributed by atoms with E-state index in [2.05, 4.69) is 10.7 Å². The van der Waals surface area contributed by atoms with Gasteiger partial charge in [-0.1, -0.05) is 6.07 Å². The molecule has 1 aliphatic rings. The van der Waals surface area contributed by atoms with Crippen molar-refractivity contribution in [1.29, 1.82) is 0 Å². The normalized spacial score (nSPS) is 18.9. The average Bonchev–Trinajstić information content (AvgIpc) is 2.42. The molecule has 1 fully saturated rings. The molecule has 1 unspecified atom stereocenters. The summed E-state index contributed by atoms with van der Waals surface area (Å²) >= 11 is 0. The molecule has 2 rings (SSSR count). The molecule has 0 aliphatic carbocycles. The van der Waals surface area contributed by atoms with E-state index >= 15 is 0 Å². The summed E-state index contributed by atoms with van der Waals surface area (Å²) in [6.45, 7) is 0.450. The van der Waals surface area contributed by atoms with Crippen LogP contribution in [0.2, 0.25) is 0 Å². The molecule has 0 spiro atoms. The number of halogens is 1. The number of carbonyl (C=O) groups is 2. The van der Waals surface area contributed by atoms with E-state index in [1.54, 1.807) is 11.9 Å². The van der Waals surface area contributed by atoms with Crippen molar-refractivity contribution in [2.75, 3.05) is 19.0 Å². The summed E-state index contributed by atoms with van der Waals surface area (Å²) in [5.74, 6) is 4.30. The Kier molecular flexibility index (Phi) is 4.19. The number of piperidine rings is 1. The Hall–Kier alpha value is -2.15. The maximum absolute atomic E-state index is 13.5. The number of likely N-dealkylation sites (N-methyl/N-ethyl adjacent to an activating group) is 1. The van der Waals surface area contributed by atoms with Crippen LogP contribution in [0.3, 0.4) is 0 Å². The Morgan fingerprint density at radius 3 is 2.90 bits per heavy atom. The monoisotopic (exact) mass is 280 g/mol. The Bertz CT molecular complexity index is 535. The number of nitrogens with zero attached hydrogens (tertiary/aromatic N) is 1. The highest BCUT2D eigenvalue weighted by Gasteiger charge is 2.25. The Morgan fingerprint density at radius 1 is 1.50 bits per heavy atom. The molecule has 0 bridgehead atoms. The number of anilines is 1. The number of benzene rings is 1. The van der Waals surface area contributed by atoms with Gasteiger partial charge in [0.1, 0.15) is 5.82 Å². The van der Waals surface area contributed by atoms with Crippen LogP contribution in [0.4, 0.5) is 10.1 Å². The number of carbonyl (C=O) groups excluding carboxylic acids is 2. The number of nitrogen functional groups attached to an aromatic ring is 1. The highest BCUT2D eigenvalue weighted by molar-refractivity contribution is 5.99. The van der Waals surface area contributed by atoms with Crippen molar-refractivity contribution in [1.82, 2.24) is 10.2 Å². The summed E-state index contributed by atoms with van der Waals surface area (Å²) in [5, 5.41) is 2.79. The van der Waals surface area contributed by atoms with Gasteiger partial charge in [0, 0.05) is 26.1 Å². The van der Waals surface area contributed by atoms with Gasteiger partial charge >= 0.3 is 0 Å². The molecule has 1 heterocycles. The van der Waals surface area contributed by atoms with Gasteiger partial charge in [0.25, 0.3) is 5.91 Å². The third-order valence-corrected chi connectivity index (χ3v) is 3.36. The van der Waals surface area contributed by atoms with Crippen molar-refractivity contribution < 1.29 is 14.0 Å². The number of para-hydroxylation sites is 1. The highest BCUT2D eigenvalue weighted by Crippen LogP contribution is 2.19. The minimum Gasteiger partial charge on any atom is -0.347 e. The van der Waals surface area contributed by atoms with Crippen molar-refractivity contribution in [2.45, 2.75) is 18.9 Å². The number of amides is 2. The van der Waals surface area contributed by atoms with Crippen LogP contribution in [0, 0.1) is 5.82 Å². The van der Waals surface area contributed by atoms with Crippen LogP contribution in [0.15, 0.2) is 18.2 Å². The fourth-order valence-corrected chi connectivity index (χ4v) is 2.25. The molecule has 0 radical (unpaired) electrons. The molecule has 20 heavy (non-hydrogen) atoms. The number of nitrogens with two attached hydrogens (primary N) is 1. The van der Waals surface area contributed by atoms with Gasteiger partial charge in [0.05, 0.1) is 11.3 Å². The van der Waals surface area contributed by atoms with E-state index in [0.29, 0.717) is 19.4 Å². The topological polar surface area (TPSA) is 87.5 Å². The van der Waals surface area contributed by atoms with Crippen molar-refractivity contribution in [3.63, 3.8) is 0 Å². The fourth-order valence-electron chi connectivity index (χ4n) is 2.25. The highest BCUT2D eigenvalue weighted by atomic mass is 19.1. The standard InChI is InChI=1S/C13H17FN4O2/c1-18-7-8(5-6-11(18)19)16-13(20)9-3-2-4-10(14)12(9)17-15/h2-4,8,17H,5-7,15H2,1H3,(H,16,20). The summed E-state index contributed by atoms with van der Waals surface area (Å²) in [7, 11) is 1.69. The number of likely N-dealkylation sites (tertiary alicyclic amines) is 1. The first kappa shape index (κ1) is 14.3. The van der Waals surface area contributed by atoms with Gasteiger partial charge < -0.3 is 15.6 Å². The molecular weight excluding hydrogens is 263 g/mol. The number of hydrogen-bond donors (Lipinski definition) is 3. The molecule has 1 aromatic carbocycles. The lowest BCUT2D eigenvalue weighted by Gasteiger charge is -2.30. The minimum atomic E-state index is -0.587. The van der Waals surface area contributed by atoms with Gasteiger partial charge in [-0.15, -0.1) is 0 Å². The van der Waals surface area contributed by atoms with Crippen LogP contribution in [0.5, 0.6) is 0 Å². The number of rotatable bonds is 3. The van der Waals surface area contributed by atoms with Crippen LogP contribution in [0.1, 0.15) is 23.2 Å². The second kappa shape index (κ2) is 5.87. The number of nitrogens with one attached hydrogen (secondary N) is 2. The van der Waals surface area contributed by atoms with Crippen LogP contribution >= 0.6 is 0 Å². The van der Waals surface area contributed by atoms with E-state index in [-0.39, 0.29) is 23.2 Å². The van der Waals surface area contributed by atoms with Crippen molar-refractivity contribution in [3.8, 4) is 0 Å². The van der Waals surface area contributed by atoms with E-state index in [9.17, 15) is 14.0 Å². The molecule has 108 valence electrons. The summed E-state index contributed by atoms with van der Waals surface area (Å²) in [5.41, 5.74) is 2.31. The van der Waals surface area contributed by atoms with Gasteiger partial charge in [-0.3, -0.25) is 15.4 Å². The molecule has 7 heteroatoms. The second-order valence-corrected chi connectivity index (χ2v) is 4.79. The van der Waals surface area contributed by atoms with Gasteiger partial charge in [-0.05, 0) is 18.6 Å². The van der Waals surface area contributed by atoms with Gasteiger partial charge in [0.2, 0.25) is 5.91 Å². The van der Waals surface area contributed by atoms with Crippen LogP contribution < -0.4 is 16.6 Å². The quantitative estimate of drug-likeness (QED) is 0.554. The van der Waals surface area contributed by atoms with Gasteiger partial charge in [0.15, 0.2) is 0 Å². The lowest BCUT2D eigenvalue weighted by atomic mass is 10.0. The predicted octanol–water partition coefficient (Wildman–Crippen LogP) is 0.462. The maximum Gasteiger partial charge on any atom is 0.253 e.